The standard InChI is InChI=1S/C28H41N3O4S/c1-5-7-13-24(6-2)28(32)31-20-18-30(19-21-31)26-22-25(14-15-27(26)35-4)36(33,34)29(3)17-16-23-11-9-8-10-12-23/h8-12,14-15,22,24H,5-7,13,16-21H2,1-4H3/t24-/m1/s1. The van der Waals surface area contributed by atoms with E-state index in [1.807, 2.05) is 35.2 Å². The molecule has 1 heterocycles. The molecule has 1 saturated heterocycles. The number of sulfonamides is 1. The molecule has 0 N–H and O–H groups in total. The fourth-order valence-electron chi connectivity index (χ4n) is 4.69. The van der Waals surface area contributed by atoms with Gasteiger partial charge in [0.05, 0.1) is 17.7 Å². The van der Waals surface area contributed by atoms with E-state index in [1.54, 1.807) is 32.4 Å². The average molecular weight is 516 g/mol. The maximum absolute atomic E-state index is 13.3. The lowest BCUT2D eigenvalue weighted by Crippen LogP contribution is -2.50. The van der Waals surface area contributed by atoms with E-state index >= 15 is 0 Å². The molecule has 1 aliphatic rings. The van der Waals surface area contributed by atoms with Crippen molar-refractivity contribution in [2.45, 2.75) is 50.8 Å². The second-order valence-electron chi connectivity index (χ2n) is 9.46. The van der Waals surface area contributed by atoms with Crippen molar-refractivity contribution in [2.24, 2.45) is 5.92 Å². The Hall–Kier alpha value is -2.58. The number of hydrogen-bond acceptors (Lipinski definition) is 5. The molecule has 3 rings (SSSR count). The van der Waals surface area contributed by atoms with E-state index in [4.69, 9.17) is 4.74 Å². The molecule has 1 atom stereocenters. The first-order valence-corrected chi connectivity index (χ1v) is 14.5. The predicted octanol–water partition coefficient (Wildman–Crippen LogP) is 4.42. The van der Waals surface area contributed by atoms with Gasteiger partial charge < -0.3 is 14.5 Å². The number of carbonyl (C=O) groups excluding carboxylic acids is 1. The molecule has 0 spiro atoms. The molecule has 0 unspecified atom stereocenters. The number of carbonyl (C=O) groups is 1. The number of likely N-dealkylation sites (N-methyl/N-ethyl adjacent to an activating group) is 1. The Kier molecular flexibility index (Phi) is 10.2. The Labute approximate surface area is 217 Å². The lowest BCUT2D eigenvalue weighted by atomic mass is 9.97. The normalized spacial score (nSPS) is 15.2. The first-order chi connectivity index (χ1) is 17.3. The summed E-state index contributed by atoms with van der Waals surface area (Å²) in [5.74, 6) is 0.968. The Balaban J connectivity index is 1.70. The summed E-state index contributed by atoms with van der Waals surface area (Å²) in [5, 5.41) is 0. The first kappa shape index (κ1) is 28.0. The first-order valence-electron chi connectivity index (χ1n) is 13.0. The summed E-state index contributed by atoms with van der Waals surface area (Å²) in [6.45, 7) is 7.16. The van der Waals surface area contributed by atoms with E-state index in [0.717, 1.165) is 36.9 Å². The molecule has 198 valence electrons. The molecule has 2 aromatic rings. The molecule has 1 fully saturated rings. The summed E-state index contributed by atoms with van der Waals surface area (Å²) in [6.07, 6.45) is 4.62. The number of methoxy groups -OCH3 is 1. The van der Waals surface area contributed by atoms with E-state index in [9.17, 15) is 13.2 Å². The van der Waals surface area contributed by atoms with E-state index < -0.39 is 10.0 Å². The Bertz CT molecular complexity index is 1080. The smallest absolute Gasteiger partial charge is 0.242 e. The van der Waals surface area contributed by atoms with Gasteiger partial charge in [0.15, 0.2) is 0 Å². The molecule has 2 aromatic carbocycles. The quantitative estimate of drug-likeness (QED) is 0.418. The van der Waals surface area contributed by atoms with Crippen LogP contribution in [0.3, 0.4) is 0 Å². The molecule has 8 heteroatoms. The number of unbranched alkanes of at least 4 members (excludes halogenated alkanes) is 1. The second kappa shape index (κ2) is 13.1. The highest BCUT2D eigenvalue weighted by Gasteiger charge is 2.28. The maximum Gasteiger partial charge on any atom is 0.242 e. The molecular weight excluding hydrogens is 474 g/mol. The zero-order valence-electron chi connectivity index (χ0n) is 22.2. The number of hydrogen-bond donors (Lipinski definition) is 0. The van der Waals surface area contributed by atoms with Crippen LogP contribution in [0.2, 0.25) is 0 Å². The van der Waals surface area contributed by atoms with Crippen LogP contribution in [0.1, 0.15) is 45.1 Å². The van der Waals surface area contributed by atoms with E-state index in [2.05, 4.69) is 18.7 Å². The minimum absolute atomic E-state index is 0.0888. The van der Waals surface area contributed by atoms with Crippen LogP contribution in [0.4, 0.5) is 5.69 Å². The monoisotopic (exact) mass is 515 g/mol. The number of anilines is 1. The van der Waals surface area contributed by atoms with Gasteiger partial charge in [-0.3, -0.25) is 4.79 Å². The lowest BCUT2D eigenvalue weighted by molar-refractivity contribution is -0.136. The topological polar surface area (TPSA) is 70.2 Å². The zero-order valence-corrected chi connectivity index (χ0v) is 23.0. The van der Waals surface area contributed by atoms with E-state index in [0.29, 0.717) is 44.9 Å². The zero-order chi connectivity index (χ0) is 26.1. The second-order valence-corrected chi connectivity index (χ2v) is 11.5. The number of ether oxygens (including phenoxy) is 1. The molecule has 0 aliphatic carbocycles. The predicted molar refractivity (Wildman–Crippen MR) is 145 cm³/mol. The summed E-state index contributed by atoms with van der Waals surface area (Å²) in [6, 6.07) is 14.9. The van der Waals surface area contributed by atoms with Crippen molar-refractivity contribution in [3.05, 3.63) is 54.1 Å². The summed E-state index contributed by atoms with van der Waals surface area (Å²) in [7, 11) is -0.441. The Morgan fingerprint density at radius 2 is 1.75 bits per heavy atom. The van der Waals surface area contributed by atoms with Crippen molar-refractivity contribution in [3.8, 4) is 5.75 Å². The minimum atomic E-state index is -3.66. The van der Waals surface area contributed by atoms with Crippen molar-refractivity contribution < 1.29 is 17.9 Å². The molecule has 7 nitrogen and oxygen atoms in total. The van der Waals surface area contributed by atoms with E-state index in [1.165, 1.54) is 4.31 Å². The molecule has 0 saturated carbocycles. The van der Waals surface area contributed by atoms with Gasteiger partial charge in [-0.1, -0.05) is 57.0 Å². The van der Waals surface area contributed by atoms with Gasteiger partial charge in [0, 0.05) is 45.7 Å². The maximum atomic E-state index is 13.3. The minimum Gasteiger partial charge on any atom is -0.495 e. The van der Waals surface area contributed by atoms with Gasteiger partial charge >= 0.3 is 0 Å². The van der Waals surface area contributed by atoms with Crippen LogP contribution in [0, 0.1) is 5.92 Å². The molecule has 0 bridgehead atoms. The summed E-state index contributed by atoms with van der Waals surface area (Å²) in [5.41, 5.74) is 1.85. The van der Waals surface area contributed by atoms with Crippen LogP contribution in [0.25, 0.3) is 0 Å². The van der Waals surface area contributed by atoms with Gasteiger partial charge in [-0.05, 0) is 43.0 Å². The van der Waals surface area contributed by atoms with Gasteiger partial charge in [0.2, 0.25) is 15.9 Å². The van der Waals surface area contributed by atoms with Crippen molar-refractivity contribution in [3.63, 3.8) is 0 Å². The molecule has 36 heavy (non-hydrogen) atoms. The van der Waals surface area contributed by atoms with Crippen molar-refractivity contribution >= 4 is 21.6 Å². The highest BCUT2D eigenvalue weighted by molar-refractivity contribution is 7.89. The third-order valence-electron chi connectivity index (χ3n) is 7.10. The largest absolute Gasteiger partial charge is 0.495 e. The number of nitrogens with zero attached hydrogens (tertiary/aromatic N) is 3. The molecular formula is C28H41N3O4S. The van der Waals surface area contributed by atoms with Crippen molar-refractivity contribution in [1.82, 2.24) is 9.21 Å². The third kappa shape index (κ3) is 6.79. The lowest BCUT2D eigenvalue weighted by Gasteiger charge is -2.38. The van der Waals surface area contributed by atoms with Gasteiger partial charge in [-0.25, -0.2) is 12.7 Å². The summed E-state index contributed by atoms with van der Waals surface area (Å²) in [4.78, 5) is 17.4. The average Bonchev–Trinajstić information content (AvgIpc) is 2.92. The number of benzene rings is 2. The number of piperazine rings is 1. The van der Waals surface area contributed by atoms with Gasteiger partial charge in [0.25, 0.3) is 0 Å². The summed E-state index contributed by atoms with van der Waals surface area (Å²) < 4.78 is 33.7. The number of rotatable bonds is 12. The number of amides is 1. The Morgan fingerprint density at radius 3 is 2.36 bits per heavy atom. The molecule has 0 aromatic heterocycles. The van der Waals surface area contributed by atoms with Gasteiger partial charge in [-0.2, -0.15) is 0 Å². The highest BCUT2D eigenvalue weighted by atomic mass is 32.2. The molecule has 0 radical (unpaired) electrons. The highest BCUT2D eigenvalue weighted by Crippen LogP contribution is 2.33. The van der Waals surface area contributed by atoms with Crippen LogP contribution in [0.5, 0.6) is 5.75 Å². The van der Waals surface area contributed by atoms with Crippen LogP contribution >= 0.6 is 0 Å². The SMILES string of the molecule is CCCC[C@@H](CC)C(=O)N1CCN(c2cc(S(=O)(=O)N(C)CCc3ccccc3)ccc2OC)CC1. The fourth-order valence-corrected chi connectivity index (χ4v) is 5.88. The third-order valence-corrected chi connectivity index (χ3v) is 8.95. The van der Waals surface area contributed by atoms with Crippen LogP contribution in [0.15, 0.2) is 53.4 Å². The summed E-state index contributed by atoms with van der Waals surface area (Å²) >= 11 is 0. The molecule has 1 aliphatic heterocycles. The molecule has 1 amide bonds. The Morgan fingerprint density at radius 1 is 1.06 bits per heavy atom. The van der Waals surface area contributed by atoms with Gasteiger partial charge in [-0.15, -0.1) is 0 Å². The van der Waals surface area contributed by atoms with Crippen molar-refractivity contribution in [1.29, 1.82) is 0 Å². The van der Waals surface area contributed by atoms with Gasteiger partial charge in [0.1, 0.15) is 5.75 Å². The van der Waals surface area contributed by atoms with Crippen LogP contribution in [-0.2, 0) is 21.2 Å². The van der Waals surface area contributed by atoms with E-state index in [-0.39, 0.29) is 16.7 Å². The van der Waals surface area contributed by atoms with Crippen LogP contribution in [-0.4, -0.2) is 70.4 Å². The van der Waals surface area contributed by atoms with Crippen LogP contribution < -0.4 is 9.64 Å². The van der Waals surface area contributed by atoms with Crippen molar-refractivity contribution in [2.75, 3.05) is 51.8 Å². The fraction of sp³-hybridized carbons (Fsp3) is 0.536.